The molecule has 0 unspecified atom stereocenters. The minimum atomic E-state index is -0.0517. The molecule has 4 N–H and O–H groups in total. The first-order valence-corrected chi connectivity index (χ1v) is 6.86. The summed E-state index contributed by atoms with van der Waals surface area (Å²) >= 11 is 0. The third-order valence-electron chi connectivity index (χ3n) is 3.07. The van der Waals surface area contributed by atoms with Crippen molar-refractivity contribution in [3.63, 3.8) is 0 Å². The molecule has 1 heterocycles. The summed E-state index contributed by atoms with van der Waals surface area (Å²) in [6.07, 6.45) is 1.73. The molecule has 1 amide bonds. The number of carbonyl (C=O) groups excluding carboxylic acids is 1. The Bertz CT molecular complexity index is 462. The van der Waals surface area contributed by atoms with Crippen LogP contribution in [0.25, 0.3) is 0 Å². The van der Waals surface area contributed by atoms with Crippen LogP contribution >= 0.6 is 0 Å². The molecule has 7 nitrogen and oxygen atoms in total. The van der Waals surface area contributed by atoms with Crippen molar-refractivity contribution in [1.29, 1.82) is 0 Å². The van der Waals surface area contributed by atoms with Crippen molar-refractivity contribution in [3.05, 3.63) is 11.4 Å². The van der Waals surface area contributed by atoms with E-state index < -0.39 is 0 Å². The first-order chi connectivity index (χ1) is 9.57. The zero-order chi connectivity index (χ0) is 15.1. The zero-order valence-corrected chi connectivity index (χ0v) is 12.7. The van der Waals surface area contributed by atoms with Crippen molar-refractivity contribution in [3.8, 4) is 0 Å². The molecule has 0 aliphatic rings. The molecule has 0 saturated carbocycles. The fourth-order valence-corrected chi connectivity index (χ4v) is 1.92. The number of aryl methyl sites for hydroxylation is 1. The predicted molar refractivity (Wildman–Crippen MR) is 80.5 cm³/mol. The number of nitrogen functional groups attached to an aromatic ring is 1. The van der Waals surface area contributed by atoms with Gasteiger partial charge in [-0.3, -0.25) is 4.79 Å². The average molecular weight is 280 g/mol. The van der Waals surface area contributed by atoms with Crippen molar-refractivity contribution in [2.75, 3.05) is 30.5 Å². The van der Waals surface area contributed by atoms with E-state index >= 15 is 0 Å². The highest BCUT2D eigenvalue weighted by molar-refractivity contribution is 5.81. The van der Waals surface area contributed by atoms with Gasteiger partial charge >= 0.3 is 0 Å². The summed E-state index contributed by atoms with van der Waals surface area (Å²) in [6, 6.07) is 0. The summed E-state index contributed by atoms with van der Waals surface area (Å²) < 4.78 is 0. The molecule has 0 radical (unpaired) electrons. The molecule has 0 fully saturated rings. The molecule has 1 aromatic rings. The van der Waals surface area contributed by atoms with Crippen LogP contribution in [-0.4, -0.2) is 36.0 Å². The number of hydrogen-bond acceptors (Lipinski definition) is 6. The van der Waals surface area contributed by atoms with Crippen molar-refractivity contribution in [2.24, 2.45) is 5.84 Å². The highest BCUT2D eigenvalue weighted by Gasteiger charge is 2.17. The van der Waals surface area contributed by atoms with E-state index in [1.165, 1.54) is 0 Å². The molecule has 0 bridgehead atoms. The third kappa shape index (κ3) is 3.80. The second-order valence-electron chi connectivity index (χ2n) is 4.52. The number of hydrazine groups is 1. The maximum absolute atomic E-state index is 11.6. The molecule has 0 aromatic carbocycles. The highest BCUT2D eigenvalue weighted by Crippen LogP contribution is 2.23. The highest BCUT2D eigenvalue weighted by atomic mass is 16.1. The molecule has 1 aromatic heterocycles. The molecule has 20 heavy (non-hydrogen) atoms. The van der Waals surface area contributed by atoms with Gasteiger partial charge in [0.05, 0.1) is 6.54 Å². The molecule has 0 aliphatic heterocycles. The van der Waals surface area contributed by atoms with E-state index in [0.29, 0.717) is 12.4 Å². The van der Waals surface area contributed by atoms with Gasteiger partial charge in [0.2, 0.25) is 5.91 Å². The van der Waals surface area contributed by atoms with Gasteiger partial charge in [0, 0.05) is 25.6 Å². The lowest BCUT2D eigenvalue weighted by atomic mass is 10.2. The van der Waals surface area contributed by atoms with E-state index in [1.54, 1.807) is 7.05 Å². The molecule has 0 spiro atoms. The van der Waals surface area contributed by atoms with Crippen molar-refractivity contribution in [1.82, 2.24) is 15.3 Å². The quantitative estimate of drug-likeness (QED) is 0.500. The fourth-order valence-electron chi connectivity index (χ4n) is 1.92. The Morgan fingerprint density at radius 1 is 1.35 bits per heavy atom. The number of nitrogens with one attached hydrogen (secondary N) is 2. The van der Waals surface area contributed by atoms with Gasteiger partial charge in [-0.1, -0.05) is 6.92 Å². The lowest BCUT2D eigenvalue weighted by molar-refractivity contribution is -0.119. The minimum absolute atomic E-state index is 0.0517. The molecule has 1 rings (SSSR count). The Morgan fingerprint density at radius 2 is 2.05 bits per heavy atom. The van der Waals surface area contributed by atoms with Gasteiger partial charge in [-0.2, -0.15) is 0 Å². The van der Waals surface area contributed by atoms with Crippen LogP contribution in [0, 0.1) is 6.92 Å². The minimum Gasteiger partial charge on any atom is -0.358 e. The van der Waals surface area contributed by atoms with Gasteiger partial charge in [-0.05, 0) is 20.3 Å². The summed E-state index contributed by atoms with van der Waals surface area (Å²) in [5.41, 5.74) is 3.45. The molecule has 7 heteroatoms. The van der Waals surface area contributed by atoms with Crippen LogP contribution in [0.1, 0.15) is 31.7 Å². The SMILES string of the molecule is CCCc1nc(NN)c(C)c(N(CC)CC(=O)NC)n1. The number of carbonyl (C=O) groups is 1. The summed E-state index contributed by atoms with van der Waals surface area (Å²) in [5.74, 6) is 7.55. The van der Waals surface area contributed by atoms with E-state index in [1.807, 2.05) is 18.7 Å². The first kappa shape index (κ1) is 16.2. The van der Waals surface area contributed by atoms with E-state index in [9.17, 15) is 4.79 Å². The number of anilines is 2. The molecule has 0 atom stereocenters. The van der Waals surface area contributed by atoms with Crippen molar-refractivity contribution >= 4 is 17.5 Å². The van der Waals surface area contributed by atoms with Gasteiger partial charge in [0.1, 0.15) is 17.5 Å². The van der Waals surface area contributed by atoms with Gasteiger partial charge in [0.25, 0.3) is 0 Å². The largest absolute Gasteiger partial charge is 0.358 e. The number of nitrogens with two attached hydrogens (primary N) is 1. The van der Waals surface area contributed by atoms with Crippen LogP contribution in [0.15, 0.2) is 0 Å². The molecule has 0 saturated heterocycles. The zero-order valence-electron chi connectivity index (χ0n) is 12.7. The second-order valence-corrected chi connectivity index (χ2v) is 4.52. The molecule has 112 valence electrons. The van der Waals surface area contributed by atoms with Crippen LogP contribution in [0.2, 0.25) is 0 Å². The number of likely N-dealkylation sites (N-methyl/N-ethyl adjacent to an activating group) is 2. The smallest absolute Gasteiger partial charge is 0.239 e. The maximum Gasteiger partial charge on any atom is 0.239 e. The predicted octanol–water partition coefficient (Wildman–Crippen LogP) is 0.595. The molecular weight excluding hydrogens is 256 g/mol. The van der Waals surface area contributed by atoms with Crippen LogP contribution < -0.4 is 21.5 Å². The van der Waals surface area contributed by atoms with Gasteiger partial charge < -0.3 is 15.6 Å². The molecule has 0 aliphatic carbocycles. The van der Waals surface area contributed by atoms with E-state index in [2.05, 4.69) is 27.6 Å². The Labute approximate surface area is 119 Å². The monoisotopic (exact) mass is 280 g/mol. The maximum atomic E-state index is 11.6. The standard InChI is InChI=1S/C13H24N6O/c1-5-7-10-16-12(18-14)9(3)13(17-10)19(6-2)8-11(20)15-4/h5-8,14H2,1-4H3,(H,15,20)(H,16,17,18). The third-order valence-corrected chi connectivity index (χ3v) is 3.07. The second kappa shape index (κ2) is 7.64. The Kier molecular flexibility index (Phi) is 6.17. The fraction of sp³-hybridized carbons (Fsp3) is 0.615. The van der Waals surface area contributed by atoms with Crippen LogP contribution in [0.4, 0.5) is 11.6 Å². The topological polar surface area (TPSA) is 96.2 Å². The van der Waals surface area contributed by atoms with Crippen LogP contribution in [-0.2, 0) is 11.2 Å². The van der Waals surface area contributed by atoms with Crippen molar-refractivity contribution < 1.29 is 4.79 Å². The van der Waals surface area contributed by atoms with Gasteiger partial charge in [-0.25, -0.2) is 15.8 Å². The number of rotatable bonds is 7. The summed E-state index contributed by atoms with van der Waals surface area (Å²) in [7, 11) is 1.62. The summed E-state index contributed by atoms with van der Waals surface area (Å²) in [5, 5.41) is 2.62. The number of nitrogens with zero attached hydrogens (tertiary/aromatic N) is 3. The summed E-state index contributed by atoms with van der Waals surface area (Å²) in [6.45, 7) is 6.90. The Balaban J connectivity index is 3.18. The van der Waals surface area contributed by atoms with Gasteiger partial charge in [-0.15, -0.1) is 0 Å². The van der Waals surface area contributed by atoms with Crippen LogP contribution in [0.5, 0.6) is 0 Å². The number of aromatic nitrogens is 2. The Morgan fingerprint density at radius 3 is 2.55 bits per heavy atom. The van der Waals surface area contributed by atoms with Crippen LogP contribution in [0.3, 0.4) is 0 Å². The lowest BCUT2D eigenvalue weighted by Gasteiger charge is -2.24. The van der Waals surface area contributed by atoms with E-state index in [-0.39, 0.29) is 12.5 Å². The van der Waals surface area contributed by atoms with Crippen molar-refractivity contribution in [2.45, 2.75) is 33.6 Å². The summed E-state index contributed by atoms with van der Waals surface area (Å²) in [4.78, 5) is 22.5. The first-order valence-electron chi connectivity index (χ1n) is 6.86. The molecular formula is C13H24N6O. The normalized spacial score (nSPS) is 10.2. The average Bonchev–Trinajstić information content (AvgIpc) is 2.46. The van der Waals surface area contributed by atoms with E-state index in [0.717, 1.165) is 30.0 Å². The number of hydrogen-bond donors (Lipinski definition) is 3. The Hall–Kier alpha value is -1.89. The number of amides is 1. The lowest BCUT2D eigenvalue weighted by Crippen LogP contribution is -2.36. The van der Waals surface area contributed by atoms with Gasteiger partial charge in [0.15, 0.2) is 0 Å². The van der Waals surface area contributed by atoms with E-state index in [4.69, 9.17) is 5.84 Å².